The number of nitrogens with one attached hydrogen (secondary N) is 4. The number of rotatable bonds is 11. The summed E-state index contributed by atoms with van der Waals surface area (Å²) in [5.74, 6) is -0.605. The van der Waals surface area contributed by atoms with E-state index in [1.54, 1.807) is 18.2 Å². The number of allylic oxidation sites excluding steroid dienone is 2. The number of hydrogen-bond donors (Lipinski definition) is 5. The maximum Gasteiger partial charge on any atom is 0.238 e. The number of ether oxygens (including phenoxy) is 1. The number of piperidine rings is 1. The second-order valence-electron chi connectivity index (χ2n) is 9.63. The number of nitrogens with zero attached hydrogens (tertiary/aromatic N) is 1. The number of likely N-dealkylation sites (tertiary alicyclic amines) is 1. The third kappa shape index (κ3) is 6.07. The van der Waals surface area contributed by atoms with E-state index in [2.05, 4.69) is 20.9 Å². The molecule has 0 aromatic carbocycles. The Balaban J connectivity index is 1.07. The first-order valence-corrected chi connectivity index (χ1v) is 12.6. The molecule has 0 spiro atoms. The lowest BCUT2D eigenvalue weighted by molar-refractivity contribution is -0.125. The Morgan fingerprint density at radius 1 is 1.18 bits per heavy atom. The monoisotopic (exact) mass is 470 g/mol. The van der Waals surface area contributed by atoms with Crippen LogP contribution in [0, 0.1) is 17.2 Å². The van der Waals surface area contributed by atoms with E-state index in [0.717, 1.165) is 76.0 Å². The first-order valence-electron chi connectivity index (χ1n) is 12.6. The summed E-state index contributed by atoms with van der Waals surface area (Å²) in [6.45, 7) is 5.54. The summed E-state index contributed by atoms with van der Waals surface area (Å²) >= 11 is 0. The fourth-order valence-corrected chi connectivity index (χ4v) is 5.24. The highest BCUT2D eigenvalue weighted by atomic mass is 16.5. The summed E-state index contributed by atoms with van der Waals surface area (Å²) in [5, 5.41) is 17.1. The normalized spacial score (nSPS) is 25.7. The maximum absolute atomic E-state index is 12.0. The standard InChI is InChI=1S/C25H38N6O3/c26-23(27)19-16-28-11-8-20(19)29-17-9-13-31(14-10-17)12-3-1-2-4-15-34-21-7-5-6-18-22(21)25(33)30-24(18)32/h5-7,17-18,22,28-29H,1-4,8-16H2,(H3,26,27)(H,30,32,33). The van der Waals surface area contributed by atoms with E-state index in [-0.39, 0.29) is 17.6 Å². The zero-order chi connectivity index (χ0) is 23.9. The van der Waals surface area contributed by atoms with E-state index in [1.165, 1.54) is 6.42 Å². The van der Waals surface area contributed by atoms with E-state index in [0.29, 0.717) is 25.0 Å². The molecule has 2 atom stereocenters. The summed E-state index contributed by atoms with van der Waals surface area (Å²) < 4.78 is 5.86. The number of carbonyl (C=O) groups is 2. The lowest BCUT2D eigenvalue weighted by Gasteiger charge is -2.34. The highest BCUT2D eigenvalue weighted by Gasteiger charge is 2.44. The van der Waals surface area contributed by atoms with Crippen molar-refractivity contribution in [3.05, 3.63) is 35.3 Å². The summed E-state index contributed by atoms with van der Waals surface area (Å²) in [4.78, 5) is 26.3. The van der Waals surface area contributed by atoms with Crippen LogP contribution in [0.5, 0.6) is 0 Å². The summed E-state index contributed by atoms with van der Waals surface area (Å²) in [6.07, 6.45) is 12.9. The van der Waals surface area contributed by atoms with Crippen LogP contribution in [0.3, 0.4) is 0 Å². The Bertz CT molecular complexity index is 872. The first-order chi connectivity index (χ1) is 16.5. The molecule has 4 aliphatic rings. The van der Waals surface area contributed by atoms with Gasteiger partial charge in [0.05, 0.1) is 12.5 Å². The molecular weight excluding hydrogens is 432 g/mol. The van der Waals surface area contributed by atoms with Crippen molar-refractivity contribution in [2.75, 3.05) is 39.3 Å². The molecule has 2 amide bonds. The molecule has 2 saturated heterocycles. The second kappa shape index (κ2) is 11.7. The van der Waals surface area contributed by atoms with Gasteiger partial charge in [-0.15, -0.1) is 0 Å². The van der Waals surface area contributed by atoms with Crippen LogP contribution in [0.25, 0.3) is 0 Å². The lowest BCUT2D eigenvalue weighted by atomic mass is 9.89. The number of amidine groups is 1. The fourth-order valence-electron chi connectivity index (χ4n) is 5.24. The largest absolute Gasteiger partial charge is 0.497 e. The third-order valence-corrected chi connectivity index (χ3v) is 7.22. The van der Waals surface area contributed by atoms with Crippen LogP contribution in [0.15, 0.2) is 35.3 Å². The number of imide groups is 1. The number of carbonyl (C=O) groups excluding carboxylic acids is 2. The van der Waals surface area contributed by atoms with Gasteiger partial charge in [0, 0.05) is 49.9 Å². The van der Waals surface area contributed by atoms with Crippen LogP contribution in [-0.4, -0.2) is 67.9 Å². The van der Waals surface area contributed by atoms with Crippen LogP contribution < -0.4 is 21.7 Å². The minimum Gasteiger partial charge on any atom is -0.497 e. The molecule has 6 N–H and O–H groups in total. The molecule has 0 saturated carbocycles. The van der Waals surface area contributed by atoms with Gasteiger partial charge in [0.25, 0.3) is 0 Å². The molecular formula is C25H38N6O3. The van der Waals surface area contributed by atoms with E-state index in [9.17, 15) is 9.59 Å². The van der Waals surface area contributed by atoms with Crippen molar-refractivity contribution in [2.45, 2.75) is 51.0 Å². The van der Waals surface area contributed by atoms with E-state index < -0.39 is 11.8 Å². The van der Waals surface area contributed by atoms with E-state index in [4.69, 9.17) is 15.9 Å². The predicted octanol–water partition coefficient (Wildman–Crippen LogP) is 1.14. The van der Waals surface area contributed by atoms with Crippen LogP contribution >= 0.6 is 0 Å². The Labute approximate surface area is 201 Å². The average Bonchev–Trinajstić information content (AvgIpc) is 3.13. The van der Waals surface area contributed by atoms with Crippen molar-refractivity contribution in [3.63, 3.8) is 0 Å². The number of fused-ring (bicyclic) bond motifs is 1. The Morgan fingerprint density at radius 2 is 1.97 bits per heavy atom. The van der Waals surface area contributed by atoms with Crippen molar-refractivity contribution >= 4 is 17.6 Å². The highest BCUT2D eigenvalue weighted by molar-refractivity contribution is 6.07. The molecule has 0 bridgehead atoms. The van der Waals surface area contributed by atoms with Gasteiger partial charge in [-0.2, -0.15) is 0 Å². The highest BCUT2D eigenvalue weighted by Crippen LogP contribution is 2.31. The molecule has 3 heterocycles. The molecule has 9 nitrogen and oxygen atoms in total. The molecule has 4 rings (SSSR count). The SMILES string of the molecule is N=C(N)C1=C(NC2CCN(CCCCCCOC3=CC=CC4C(=O)NC(=O)C34)CC2)CCNC1. The number of hydrogen-bond acceptors (Lipinski definition) is 7. The molecule has 2 fully saturated rings. The summed E-state index contributed by atoms with van der Waals surface area (Å²) in [7, 11) is 0. The van der Waals surface area contributed by atoms with Crippen LogP contribution in [0.1, 0.15) is 44.9 Å². The van der Waals surface area contributed by atoms with Gasteiger partial charge in [-0.05, 0) is 38.3 Å². The van der Waals surface area contributed by atoms with Gasteiger partial charge in [-0.3, -0.25) is 20.3 Å². The molecule has 3 aliphatic heterocycles. The number of nitrogens with two attached hydrogens (primary N) is 1. The minimum absolute atomic E-state index is 0.174. The van der Waals surface area contributed by atoms with Crippen molar-refractivity contribution in [2.24, 2.45) is 17.6 Å². The lowest BCUT2D eigenvalue weighted by Crippen LogP contribution is -2.45. The molecule has 186 valence electrons. The van der Waals surface area contributed by atoms with Gasteiger partial charge in [0.15, 0.2) is 0 Å². The Kier molecular flexibility index (Phi) is 8.39. The summed E-state index contributed by atoms with van der Waals surface area (Å²) in [5.41, 5.74) is 7.83. The molecule has 0 radical (unpaired) electrons. The fraction of sp³-hybridized carbons (Fsp3) is 0.640. The molecule has 9 heteroatoms. The molecule has 2 unspecified atom stereocenters. The van der Waals surface area contributed by atoms with Crippen molar-refractivity contribution in [1.29, 1.82) is 5.41 Å². The zero-order valence-corrected chi connectivity index (χ0v) is 19.9. The Hall–Kier alpha value is -2.65. The van der Waals surface area contributed by atoms with E-state index >= 15 is 0 Å². The minimum atomic E-state index is -0.491. The smallest absolute Gasteiger partial charge is 0.238 e. The van der Waals surface area contributed by atoms with Gasteiger partial charge in [-0.1, -0.05) is 25.0 Å². The molecule has 0 aromatic rings. The summed E-state index contributed by atoms with van der Waals surface area (Å²) in [6, 6.07) is 0.469. The van der Waals surface area contributed by atoms with Crippen LogP contribution in [0.4, 0.5) is 0 Å². The van der Waals surface area contributed by atoms with Gasteiger partial charge >= 0.3 is 0 Å². The predicted molar refractivity (Wildman–Crippen MR) is 131 cm³/mol. The number of unbranched alkanes of at least 4 members (excludes halogenated alkanes) is 3. The third-order valence-electron chi connectivity index (χ3n) is 7.22. The Morgan fingerprint density at radius 3 is 2.76 bits per heavy atom. The second-order valence-corrected chi connectivity index (χ2v) is 9.63. The van der Waals surface area contributed by atoms with E-state index in [1.807, 2.05) is 0 Å². The van der Waals surface area contributed by atoms with Gasteiger partial charge in [0.1, 0.15) is 17.5 Å². The van der Waals surface area contributed by atoms with Gasteiger partial charge in [0.2, 0.25) is 11.8 Å². The van der Waals surface area contributed by atoms with Crippen molar-refractivity contribution in [1.82, 2.24) is 20.9 Å². The maximum atomic E-state index is 12.0. The van der Waals surface area contributed by atoms with Gasteiger partial charge < -0.3 is 26.0 Å². The first kappa shape index (κ1) is 24.5. The molecule has 1 aliphatic carbocycles. The topological polar surface area (TPSA) is 133 Å². The van der Waals surface area contributed by atoms with Gasteiger partial charge in [-0.25, -0.2) is 0 Å². The molecule has 0 aromatic heterocycles. The van der Waals surface area contributed by atoms with Crippen molar-refractivity contribution in [3.8, 4) is 0 Å². The average molecular weight is 471 g/mol. The quantitative estimate of drug-likeness (QED) is 0.132. The zero-order valence-electron chi connectivity index (χ0n) is 19.9. The van der Waals surface area contributed by atoms with Crippen molar-refractivity contribution < 1.29 is 14.3 Å². The molecule has 34 heavy (non-hydrogen) atoms. The number of amides is 2. The van der Waals surface area contributed by atoms with Crippen LogP contribution in [-0.2, 0) is 14.3 Å². The van der Waals surface area contributed by atoms with Crippen LogP contribution in [0.2, 0.25) is 0 Å².